The molecular formula is C28H40N6O2S. The fourth-order valence-electron chi connectivity index (χ4n) is 3.67. The lowest BCUT2D eigenvalue weighted by Gasteiger charge is -2.20. The Morgan fingerprint density at radius 2 is 1.03 bits per heavy atom. The van der Waals surface area contributed by atoms with Crippen LogP contribution in [0.15, 0.2) is 58.7 Å². The second kappa shape index (κ2) is 15.7. The number of benzene rings is 2. The highest BCUT2D eigenvalue weighted by Gasteiger charge is 2.21. The molecule has 0 saturated carbocycles. The van der Waals surface area contributed by atoms with Crippen molar-refractivity contribution in [1.82, 2.24) is 10.9 Å². The number of carbonyl (C=O) groups excluding carboxylic acids is 2. The van der Waals surface area contributed by atoms with Crippen LogP contribution in [0.2, 0.25) is 0 Å². The first-order valence-corrected chi connectivity index (χ1v) is 13.8. The summed E-state index contributed by atoms with van der Waals surface area (Å²) >= 11 is 1.25. The molecule has 0 saturated heterocycles. The van der Waals surface area contributed by atoms with Crippen molar-refractivity contribution in [3.8, 4) is 0 Å². The molecule has 0 spiro atoms. The lowest BCUT2D eigenvalue weighted by Crippen LogP contribution is -2.33. The van der Waals surface area contributed by atoms with Crippen LogP contribution in [0.25, 0.3) is 0 Å². The van der Waals surface area contributed by atoms with Crippen molar-refractivity contribution in [3.05, 3.63) is 59.7 Å². The van der Waals surface area contributed by atoms with Gasteiger partial charge in [0.05, 0.1) is 22.9 Å². The van der Waals surface area contributed by atoms with Crippen molar-refractivity contribution in [2.75, 3.05) is 36.0 Å². The van der Waals surface area contributed by atoms with Gasteiger partial charge in [0.25, 0.3) is 11.8 Å². The molecule has 0 heterocycles. The zero-order valence-corrected chi connectivity index (χ0v) is 23.6. The van der Waals surface area contributed by atoms with Gasteiger partial charge in [-0.25, -0.2) is 10.9 Å². The van der Waals surface area contributed by atoms with Gasteiger partial charge >= 0.3 is 0 Å². The third-order valence-corrected chi connectivity index (χ3v) is 7.21. The van der Waals surface area contributed by atoms with Gasteiger partial charge in [0, 0.05) is 37.6 Å². The van der Waals surface area contributed by atoms with Gasteiger partial charge < -0.3 is 9.80 Å². The summed E-state index contributed by atoms with van der Waals surface area (Å²) in [5.74, 6) is -0.532. The minimum atomic E-state index is -0.459. The van der Waals surface area contributed by atoms with E-state index in [0.717, 1.165) is 48.7 Å². The van der Waals surface area contributed by atoms with Crippen LogP contribution in [0.1, 0.15) is 52.7 Å². The number of anilines is 2. The SMILES string of the molecule is CCN(CC)c1ccc(/C=N\NC(=O)[C@H](C)S[C@H](C)C(=O)N/N=C/c2ccc(N(CC)CC)cc2)cc1. The third-order valence-electron chi connectivity index (χ3n) is 5.97. The molecule has 2 rings (SSSR count). The van der Waals surface area contributed by atoms with E-state index < -0.39 is 10.5 Å². The lowest BCUT2D eigenvalue weighted by molar-refractivity contribution is -0.120. The fourth-order valence-corrected chi connectivity index (χ4v) is 4.64. The maximum Gasteiger partial charge on any atom is 0.252 e. The number of nitrogens with one attached hydrogen (secondary N) is 2. The summed E-state index contributed by atoms with van der Waals surface area (Å²) in [6.07, 6.45) is 3.22. The number of hydrogen-bond acceptors (Lipinski definition) is 7. The van der Waals surface area contributed by atoms with Crippen LogP contribution < -0.4 is 20.7 Å². The minimum absolute atomic E-state index is 0.266. The maximum absolute atomic E-state index is 12.4. The van der Waals surface area contributed by atoms with Crippen molar-refractivity contribution < 1.29 is 9.59 Å². The Balaban J connectivity index is 1.78. The number of rotatable bonds is 14. The van der Waals surface area contributed by atoms with E-state index in [-0.39, 0.29) is 11.8 Å². The Morgan fingerprint density at radius 3 is 1.32 bits per heavy atom. The van der Waals surface area contributed by atoms with Gasteiger partial charge in [0.15, 0.2) is 0 Å². The molecule has 2 atom stereocenters. The Morgan fingerprint density at radius 1 is 0.703 bits per heavy atom. The summed E-state index contributed by atoms with van der Waals surface area (Å²) in [6.45, 7) is 15.8. The molecule has 8 nitrogen and oxygen atoms in total. The molecule has 0 bridgehead atoms. The van der Waals surface area contributed by atoms with Crippen molar-refractivity contribution in [3.63, 3.8) is 0 Å². The van der Waals surface area contributed by atoms with E-state index in [1.807, 2.05) is 48.5 Å². The summed E-state index contributed by atoms with van der Waals surface area (Å²) in [5, 5.41) is 7.21. The number of thioether (sulfide) groups is 1. The zero-order chi connectivity index (χ0) is 27.2. The maximum atomic E-state index is 12.4. The van der Waals surface area contributed by atoms with E-state index in [1.165, 1.54) is 11.8 Å². The van der Waals surface area contributed by atoms with E-state index in [9.17, 15) is 9.59 Å². The first-order chi connectivity index (χ1) is 17.8. The highest BCUT2D eigenvalue weighted by atomic mass is 32.2. The van der Waals surface area contributed by atoms with Gasteiger partial charge in [-0.2, -0.15) is 10.2 Å². The molecule has 200 valence electrons. The van der Waals surface area contributed by atoms with Gasteiger partial charge in [-0.1, -0.05) is 24.3 Å². The monoisotopic (exact) mass is 524 g/mol. The molecule has 0 unspecified atom stereocenters. The van der Waals surface area contributed by atoms with E-state index in [1.54, 1.807) is 26.3 Å². The molecule has 0 aromatic heterocycles. The zero-order valence-electron chi connectivity index (χ0n) is 22.8. The van der Waals surface area contributed by atoms with Crippen LogP contribution in [0.5, 0.6) is 0 Å². The van der Waals surface area contributed by atoms with Crippen LogP contribution in [-0.2, 0) is 9.59 Å². The predicted molar refractivity (Wildman–Crippen MR) is 158 cm³/mol. The molecule has 0 fully saturated rings. The molecule has 0 aliphatic heterocycles. The smallest absolute Gasteiger partial charge is 0.252 e. The largest absolute Gasteiger partial charge is 0.372 e. The van der Waals surface area contributed by atoms with E-state index in [2.05, 4.69) is 58.5 Å². The standard InChI is InChI=1S/C28H40N6O2S/c1-7-33(8-2)25-15-11-23(12-16-25)19-29-31-27(35)21(5)37-22(6)28(36)32-30-20-24-13-17-26(18-14-24)34(9-3)10-4/h11-22H,7-10H2,1-6H3,(H,31,35)(H,32,36)/b29-19-,30-20+/t21-,22+/m0/s1. The highest BCUT2D eigenvalue weighted by Crippen LogP contribution is 2.18. The molecule has 2 amide bonds. The van der Waals surface area contributed by atoms with Crippen LogP contribution in [0.4, 0.5) is 11.4 Å². The number of hydrazone groups is 2. The number of carbonyl (C=O) groups is 2. The Hall–Kier alpha value is -3.33. The van der Waals surface area contributed by atoms with Crippen LogP contribution in [-0.4, -0.2) is 60.9 Å². The lowest BCUT2D eigenvalue weighted by atomic mass is 10.2. The summed E-state index contributed by atoms with van der Waals surface area (Å²) in [6, 6.07) is 16.0. The van der Waals surface area contributed by atoms with Gasteiger partial charge in [-0.05, 0) is 76.9 Å². The van der Waals surface area contributed by atoms with E-state index in [0.29, 0.717) is 0 Å². The Bertz CT molecular complexity index is 948. The van der Waals surface area contributed by atoms with E-state index >= 15 is 0 Å². The van der Waals surface area contributed by atoms with Crippen molar-refractivity contribution in [1.29, 1.82) is 0 Å². The average molecular weight is 525 g/mol. The summed E-state index contributed by atoms with van der Waals surface area (Å²) in [5.41, 5.74) is 9.20. The molecule has 2 aromatic rings. The third kappa shape index (κ3) is 9.57. The minimum Gasteiger partial charge on any atom is -0.372 e. The van der Waals surface area contributed by atoms with Gasteiger partial charge in [0.2, 0.25) is 0 Å². The first kappa shape index (κ1) is 29.9. The van der Waals surface area contributed by atoms with Crippen LogP contribution in [0, 0.1) is 0 Å². The topological polar surface area (TPSA) is 89.4 Å². The van der Waals surface area contributed by atoms with E-state index in [4.69, 9.17) is 0 Å². The second-order valence-corrected chi connectivity index (χ2v) is 10.1. The summed E-state index contributed by atoms with van der Waals surface area (Å²) < 4.78 is 0. The highest BCUT2D eigenvalue weighted by molar-refractivity contribution is 8.01. The second-order valence-electron chi connectivity index (χ2n) is 8.42. The molecule has 0 aliphatic rings. The molecular weight excluding hydrogens is 484 g/mol. The van der Waals surface area contributed by atoms with Crippen LogP contribution >= 0.6 is 11.8 Å². The number of nitrogens with zero attached hydrogens (tertiary/aromatic N) is 4. The Kier molecular flexibility index (Phi) is 12.7. The molecule has 37 heavy (non-hydrogen) atoms. The van der Waals surface area contributed by atoms with Gasteiger partial charge in [-0.3, -0.25) is 9.59 Å². The van der Waals surface area contributed by atoms with Crippen molar-refractivity contribution >= 4 is 47.4 Å². The first-order valence-electron chi connectivity index (χ1n) is 12.8. The van der Waals surface area contributed by atoms with Gasteiger partial charge in [-0.15, -0.1) is 11.8 Å². The fraction of sp³-hybridized carbons (Fsp3) is 0.429. The summed E-state index contributed by atoms with van der Waals surface area (Å²) in [4.78, 5) is 29.3. The normalized spacial score (nSPS) is 12.9. The molecule has 9 heteroatoms. The molecule has 2 aromatic carbocycles. The molecule has 2 N–H and O–H groups in total. The Labute approximate surface area is 225 Å². The van der Waals surface area contributed by atoms with Crippen molar-refractivity contribution in [2.24, 2.45) is 10.2 Å². The molecule has 0 radical (unpaired) electrons. The van der Waals surface area contributed by atoms with Gasteiger partial charge in [0.1, 0.15) is 0 Å². The summed E-state index contributed by atoms with van der Waals surface area (Å²) in [7, 11) is 0. The van der Waals surface area contributed by atoms with Crippen LogP contribution in [0.3, 0.4) is 0 Å². The predicted octanol–water partition coefficient (Wildman–Crippen LogP) is 4.49. The molecule has 0 aliphatic carbocycles. The number of hydrogen-bond donors (Lipinski definition) is 2. The average Bonchev–Trinajstić information content (AvgIpc) is 2.91. The van der Waals surface area contributed by atoms with Crippen molar-refractivity contribution in [2.45, 2.75) is 52.0 Å². The quantitative estimate of drug-likeness (QED) is 0.281. The number of amides is 2.